The molecule has 4 N–H and O–H groups in total. The third-order valence-corrected chi connectivity index (χ3v) is 4.56. The molecule has 0 spiro atoms. The molecule has 0 saturated carbocycles. The van der Waals surface area contributed by atoms with E-state index in [-0.39, 0.29) is 5.95 Å². The molecule has 0 unspecified atom stereocenters. The summed E-state index contributed by atoms with van der Waals surface area (Å²) in [7, 11) is 0. The van der Waals surface area contributed by atoms with Crippen LogP contribution in [0.15, 0.2) is 42.5 Å². The molecule has 4 nitrogen and oxygen atoms in total. The van der Waals surface area contributed by atoms with Crippen LogP contribution in [-0.2, 0) is 12.8 Å². The monoisotopic (exact) mass is 368 g/mol. The van der Waals surface area contributed by atoms with E-state index in [4.69, 9.17) is 11.5 Å². The SMILES string of the molecule is Cc1nc(N)nc(N)c1CCCCc1ccc(-c2cc(F)cc(F)c2)cc1. The lowest BCUT2D eigenvalue weighted by Crippen LogP contribution is -2.07. The van der Waals surface area contributed by atoms with Gasteiger partial charge in [0, 0.05) is 17.3 Å². The van der Waals surface area contributed by atoms with Gasteiger partial charge in [-0.3, -0.25) is 0 Å². The number of nitrogens with two attached hydrogens (primary N) is 2. The Bertz CT molecular complexity index is 896. The molecule has 0 atom stereocenters. The maximum atomic E-state index is 13.4. The van der Waals surface area contributed by atoms with Crippen LogP contribution >= 0.6 is 0 Å². The zero-order chi connectivity index (χ0) is 19.4. The predicted molar refractivity (Wildman–Crippen MR) is 104 cm³/mol. The van der Waals surface area contributed by atoms with Crippen LogP contribution in [0, 0.1) is 18.6 Å². The molecule has 0 aliphatic carbocycles. The molecule has 0 amide bonds. The van der Waals surface area contributed by atoms with Crippen molar-refractivity contribution in [3.8, 4) is 11.1 Å². The van der Waals surface area contributed by atoms with Gasteiger partial charge in [-0.25, -0.2) is 13.8 Å². The van der Waals surface area contributed by atoms with Crippen molar-refractivity contribution >= 4 is 11.8 Å². The number of hydrogen-bond donors (Lipinski definition) is 2. The zero-order valence-corrected chi connectivity index (χ0v) is 15.2. The molecule has 6 heteroatoms. The van der Waals surface area contributed by atoms with E-state index in [2.05, 4.69) is 9.97 Å². The summed E-state index contributed by atoms with van der Waals surface area (Å²) in [4.78, 5) is 8.17. The minimum absolute atomic E-state index is 0.201. The first-order chi connectivity index (χ1) is 12.9. The van der Waals surface area contributed by atoms with Crippen molar-refractivity contribution < 1.29 is 8.78 Å². The Morgan fingerprint density at radius 3 is 2.07 bits per heavy atom. The van der Waals surface area contributed by atoms with Crippen molar-refractivity contribution in [1.82, 2.24) is 9.97 Å². The fourth-order valence-corrected chi connectivity index (χ4v) is 3.16. The van der Waals surface area contributed by atoms with Gasteiger partial charge in [-0.15, -0.1) is 0 Å². The van der Waals surface area contributed by atoms with E-state index < -0.39 is 11.6 Å². The van der Waals surface area contributed by atoms with Crippen LogP contribution in [0.3, 0.4) is 0 Å². The van der Waals surface area contributed by atoms with Crippen LogP contribution in [-0.4, -0.2) is 9.97 Å². The van der Waals surface area contributed by atoms with Crippen LogP contribution in [0.4, 0.5) is 20.5 Å². The molecule has 0 saturated heterocycles. The van der Waals surface area contributed by atoms with Crippen molar-refractivity contribution in [1.29, 1.82) is 0 Å². The lowest BCUT2D eigenvalue weighted by Gasteiger charge is -2.09. The summed E-state index contributed by atoms with van der Waals surface area (Å²) in [6, 6.07) is 11.3. The standard InChI is InChI=1S/C21H22F2N4/c1-13-19(20(24)27-21(25)26-13)5-3-2-4-14-6-8-15(9-7-14)16-10-17(22)12-18(23)11-16/h6-12H,2-5H2,1H3,(H4,24,25,26,27). The van der Waals surface area contributed by atoms with Gasteiger partial charge in [-0.05, 0) is 61.4 Å². The second-order valence-corrected chi connectivity index (χ2v) is 6.59. The second kappa shape index (κ2) is 8.12. The molecule has 3 rings (SSSR count). The van der Waals surface area contributed by atoms with Crippen LogP contribution in [0.2, 0.25) is 0 Å². The fraction of sp³-hybridized carbons (Fsp3) is 0.238. The Balaban J connectivity index is 1.56. The molecular formula is C21H22F2N4. The quantitative estimate of drug-likeness (QED) is 0.630. The van der Waals surface area contributed by atoms with Crippen LogP contribution < -0.4 is 11.5 Å². The number of anilines is 2. The third-order valence-electron chi connectivity index (χ3n) is 4.56. The first-order valence-corrected chi connectivity index (χ1v) is 8.86. The summed E-state index contributed by atoms with van der Waals surface area (Å²) in [5.74, 6) is -0.496. The van der Waals surface area contributed by atoms with E-state index in [9.17, 15) is 8.78 Å². The smallest absolute Gasteiger partial charge is 0.222 e. The van der Waals surface area contributed by atoms with Gasteiger partial charge in [-0.2, -0.15) is 4.98 Å². The summed E-state index contributed by atoms with van der Waals surface area (Å²) in [5, 5.41) is 0. The molecule has 1 aromatic heterocycles. The van der Waals surface area contributed by atoms with Gasteiger partial charge >= 0.3 is 0 Å². The minimum atomic E-state index is -0.574. The van der Waals surface area contributed by atoms with E-state index in [0.717, 1.165) is 48.6 Å². The van der Waals surface area contributed by atoms with Crippen LogP contribution in [0.25, 0.3) is 11.1 Å². The number of nitrogen functional groups attached to an aromatic ring is 2. The molecular weight excluding hydrogens is 346 g/mol. The first kappa shape index (κ1) is 18.8. The van der Waals surface area contributed by atoms with E-state index in [1.54, 1.807) is 0 Å². The summed E-state index contributed by atoms with van der Waals surface area (Å²) in [6.07, 6.45) is 3.65. The number of rotatable bonds is 6. The molecule has 0 aliphatic rings. The van der Waals surface area contributed by atoms with Gasteiger partial charge in [0.25, 0.3) is 0 Å². The topological polar surface area (TPSA) is 77.8 Å². The fourth-order valence-electron chi connectivity index (χ4n) is 3.16. The Morgan fingerprint density at radius 2 is 1.44 bits per heavy atom. The van der Waals surface area contributed by atoms with Gasteiger partial charge < -0.3 is 11.5 Å². The summed E-state index contributed by atoms with van der Waals surface area (Å²) in [6.45, 7) is 1.89. The number of unbranched alkanes of at least 4 members (excludes halogenated alkanes) is 1. The van der Waals surface area contributed by atoms with Crippen LogP contribution in [0.1, 0.15) is 29.7 Å². The lowest BCUT2D eigenvalue weighted by molar-refractivity contribution is 0.584. The molecule has 140 valence electrons. The molecule has 1 heterocycles. The van der Waals surface area contributed by atoms with Gasteiger partial charge in [0.1, 0.15) is 17.5 Å². The predicted octanol–water partition coefficient (Wildman–Crippen LogP) is 4.46. The van der Waals surface area contributed by atoms with Crippen molar-refractivity contribution in [2.24, 2.45) is 0 Å². The number of benzene rings is 2. The average molecular weight is 368 g/mol. The van der Waals surface area contributed by atoms with Gasteiger partial charge in [0.15, 0.2) is 0 Å². The Hall–Kier alpha value is -3.02. The highest BCUT2D eigenvalue weighted by molar-refractivity contribution is 5.63. The van der Waals surface area contributed by atoms with E-state index in [1.807, 2.05) is 31.2 Å². The number of aryl methyl sites for hydroxylation is 2. The largest absolute Gasteiger partial charge is 0.383 e. The van der Waals surface area contributed by atoms with Crippen molar-refractivity contribution in [3.05, 3.63) is 70.9 Å². The highest BCUT2D eigenvalue weighted by Crippen LogP contribution is 2.23. The molecule has 2 aromatic carbocycles. The van der Waals surface area contributed by atoms with Gasteiger partial charge in [0.2, 0.25) is 5.95 Å². The minimum Gasteiger partial charge on any atom is -0.383 e. The molecule has 0 fully saturated rings. The molecule has 0 bridgehead atoms. The molecule has 3 aromatic rings. The Labute approximate surface area is 157 Å². The van der Waals surface area contributed by atoms with Crippen molar-refractivity contribution in [3.63, 3.8) is 0 Å². The Kier molecular flexibility index (Phi) is 5.64. The first-order valence-electron chi connectivity index (χ1n) is 8.86. The number of halogens is 2. The number of nitrogens with zero attached hydrogens (tertiary/aromatic N) is 2. The van der Waals surface area contributed by atoms with E-state index in [1.165, 1.54) is 17.7 Å². The van der Waals surface area contributed by atoms with Gasteiger partial charge in [-0.1, -0.05) is 24.3 Å². The van der Waals surface area contributed by atoms with Crippen molar-refractivity contribution in [2.45, 2.75) is 32.6 Å². The third kappa shape index (κ3) is 4.78. The van der Waals surface area contributed by atoms with Crippen LogP contribution in [0.5, 0.6) is 0 Å². The maximum absolute atomic E-state index is 13.4. The second-order valence-electron chi connectivity index (χ2n) is 6.59. The lowest BCUT2D eigenvalue weighted by atomic mass is 10.00. The highest BCUT2D eigenvalue weighted by atomic mass is 19.1. The normalized spacial score (nSPS) is 10.9. The average Bonchev–Trinajstić information content (AvgIpc) is 2.60. The number of hydrogen-bond acceptors (Lipinski definition) is 4. The van der Waals surface area contributed by atoms with E-state index >= 15 is 0 Å². The highest BCUT2D eigenvalue weighted by Gasteiger charge is 2.08. The van der Waals surface area contributed by atoms with E-state index in [0.29, 0.717) is 11.4 Å². The van der Waals surface area contributed by atoms with Gasteiger partial charge in [0.05, 0.1) is 0 Å². The molecule has 0 radical (unpaired) electrons. The summed E-state index contributed by atoms with van der Waals surface area (Å²) in [5.41, 5.74) is 15.8. The maximum Gasteiger partial charge on any atom is 0.222 e. The summed E-state index contributed by atoms with van der Waals surface area (Å²) < 4.78 is 26.7. The van der Waals surface area contributed by atoms with Crippen molar-refractivity contribution in [2.75, 3.05) is 11.5 Å². The molecule has 0 aliphatic heterocycles. The molecule has 27 heavy (non-hydrogen) atoms. The Morgan fingerprint density at radius 1 is 0.815 bits per heavy atom. The summed E-state index contributed by atoms with van der Waals surface area (Å²) >= 11 is 0. The number of aromatic nitrogens is 2. The zero-order valence-electron chi connectivity index (χ0n) is 15.2.